The van der Waals surface area contributed by atoms with Crippen molar-refractivity contribution in [2.75, 3.05) is 24.3 Å². The van der Waals surface area contributed by atoms with E-state index >= 15 is 0 Å². The van der Waals surface area contributed by atoms with Gasteiger partial charge in [-0.25, -0.2) is 17.6 Å². The zero-order valence-electron chi connectivity index (χ0n) is 17.4. The van der Waals surface area contributed by atoms with E-state index in [1.165, 1.54) is 18.0 Å². The van der Waals surface area contributed by atoms with Crippen molar-refractivity contribution >= 4 is 27.6 Å². The molecule has 0 saturated carbocycles. The third kappa shape index (κ3) is 4.53. The van der Waals surface area contributed by atoms with Gasteiger partial charge >= 0.3 is 12.1 Å². The van der Waals surface area contributed by atoms with Gasteiger partial charge in [-0.2, -0.15) is 0 Å². The lowest BCUT2D eigenvalue weighted by atomic mass is 10.0. The number of pyridine rings is 1. The fourth-order valence-corrected chi connectivity index (χ4v) is 4.22. The summed E-state index contributed by atoms with van der Waals surface area (Å²) in [5.74, 6) is -1.34. The Morgan fingerprint density at radius 1 is 1.32 bits per heavy atom. The van der Waals surface area contributed by atoms with Crippen LogP contribution in [-0.4, -0.2) is 55.7 Å². The summed E-state index contributed by atoms with van der Waals surface area (Å²) in [6, 6.07) is 8.15. The molecule has 10 heteroatoms. The Morgan fingerprint density at radius 3 is 2.58 bits per heavy atom. The Bertz CT molecular complexity index is 1090. The van der Waals surface area contributed by atoms with Crippen LogP contribution >= 0.6 is 0 Å². The third-order valence-electron chi connectivity index (χ3n) is 5.28. The second-order valence-corrected chi connectivity index (χ2v) is 9.89. The molecule has 0 radical (unpaired) electrons. The number of carbonyl (C=O) groups is 2. The summed E-state index contributed by atoms with van der Waals surface area (Å²) < 4.78 is 47.0. The second-order valence-electron chi connectivity index (χ2n) is 7.45. The number of benzene rings is 1. The molecule has 0 N–H and O–H groups in total. The number of rotatable bonds is 7. The van der Waals surface area contributed by atoms with E-state index in [0.29, 0.717) is 16.8 Å². The third-order valence-corrected chi connectivity index (χ3v) is 7.25. The molecule has 2 aromatic rings. The molecule has 166 valence electrons. The van der Waals surface area contributed by atoms with E-state index in [1.807, 2.05) is 0 Å². The lowest BCUT2D eigenvalue weighted by molar-refractivity contribution is -0.146. The van der Waals surface area contributed by atoms with Crippen molar-refractivity contribution < 1.29 is 31.9 Å². The molecule has 1 aliphatic rings. The number of carbonyl (C=O) groups excluding carboxylic acids is 2. The first-order valence-corrected chi connectivity index (χ1v) is 11.5. The number of cyclic esters (lactones) is 1. The van der Waals surface area contributed by atoms with Gasteiger partial charge in [-0.15, -0.1) is 0 Å². The first-order valence-electron chi connectivity index (χ1n) is 9.61. The van der Waals surface area contributed by atoms with Crippen LogP contribution in [0.25, 0.3) is 11.1 Å². The van der Waals surface area contributed by atoms with E-state index in [4.69, 9.17) is 9.47 Å². The monoisotopic (exact) mass is 450 g/mol. The van der Waals surface area contributed by atoms with Gasteiger partial charge in [0.1, 0.15) is 11.9 Å². The minimum absolute atomic E-state index is 0.0327. The smallest absolute Gasteiger partial charge is 0.414 e. The molecule has 31 heavy (non-hydrogen) atoms. The molecular formula is C21H23FN2O6S. The normalized spacial score (nSPS) is 18.4. The molecule has 1 aromatic carbocycles. The predicted octanol–water partition coefficient (Wildman–Crippen LogP) is 2.97. The first-order chi connectivity index (χ1) is 14.6. The summed E-state index contributed by atoms with van der Waals surface area (Å²) in [6.45, 7) is 2.95. The number of sulfone groups is 1. The van der Waals surface area contributed by atoms with E-state index in [9.17, 15) is 22.4 Å². The quantitative estimate of drug-likeness (QED) is 0.598. The Morgan fingerprint density at radius 2 is 2.00 bits per heavy atom. The van der Waals surface area contributed by atoms with Gasteiger partial charge in [-0.1, -0.05) is 12.1 Å². The Hall–Kier alpha value is -3.01. The zero-order valence-corrected chi connectivity index (χ0v) is 18.2. The van der Waals surface area contributed by atoms with E-state index < -0.39 is 38.6 Å². The molecule has 2 heterocycles. The highest BCUT2D eigenvalue weighted by Crippen LogP contribution is 2.32. The molecule has 1 saturated heterocycles. The van der Waals surface area contributed by atoms with Crippen LogP contribution in [0.2, 0.25) is 0 Å². The maximum atomic E-state index is 13.9. The highest BCUT2D eigenvalue weighted by Gasteiger charge is 2.49. The summed E-state index contributed by atoms with van der Waals surface area (Å²) in [5, 5.41) is 0. The standard InChI is InChI=1S/C21H23FN2O6S/c1-4-29-19(25)21(2,31(3,27)28)11-16-13-24(20(26)30-16)15-7-5-14(6-8-15)17-9-10-23-12-18(17)22/h5-10,12,16H,4,11,13H2,1-3H3. The van der Waals surface area contributed by atoms with Crippen LogP contribution in [-0.2, 0) is 24.1 Å². The fourth-order valence-electron chi connectivity index (χ4n) is 3.37. The van der Waals surface area contributed by atoms with Gasteiger partial charge in [0.05, 0.1) is 19.3 Å². The van der Waals surface area contributed by atoms with Crippen LogP contribution in [0.15, 0.2) is 42.7 Å². The average molecular weight is 450 g/mol. The van der Waals surface area contributed by atoms with Crippen molar-refractivity contribution in [3.63, 3.8) is 0 Å². The van der Waals surface area contributed by atoms with Gasteiger partial charge in [0, 0.05) is 30.1 Å². The van der Waals surface area contributed by atoms with Crippen molar-refractivity contribution in [1.82, 2.24) is 4.98 Å². The number of ether oxygens (including phenoxy) is 2. The van der Waals surface area contributed by atoms with Crippen LogP contribution in [0, 0.1) is 5.82 Å². The van der Waals surface area contributed by atoms with Gasteiger partial charge in [0.2, 0.25) is 0 Å². The van der Waals surface area contributed by atoms with Gasteiger partial charge in [-0.05, 0) is 37.6 Å². The summed E-state index contributed by atoms with van der Waals surface area (Å²) in [7, 11) is -3.84. The van der Waals surface area contributed by atoms with Crippen molar-refractivity contribution in [3.8, 4) is 11.1 Å². The van der Waals surface area contributed by atoms with Crippen LogP contribution in [0.1, 0.15) is 20.3 Å². The average Bonchev–Trinajstić information content (AvgIpc) is 3.07. The Labute approximate surface area is 179 Å². The first kappa shape index (κ1) is 22.7. The van der Waals surface area contributed by atoms with E-state index in [0.717, 1.165) is 12.5 Å². The van der Waals surface area contributed by atoms with Crippen LogP contribution < -0.4 is 4.90 Å². The number of aromatic nitrogens is 1. The molecule has 0 aliphatic carbocycles. The maximum absolute atomic E-state index is 13.9. The van der Waals surface area contributed by atoms with Crippen molar-refractivity contribution in [3.05, 3.63) is 48.5 Å². The largest absolute Gasteiger partial charge is 0.465 e. The molecule has 1 fully saturated rings. The molecule has 1 aromatic heterocycles. The predicted molar refractivity (Wildman–Crippen MR) is 112 cm³/mol. The highest BCUT2D eigenvalue weighted by atomic mass is 32.2. The molecule has 3 rings (SSSR count). The zero-order chi connectivity index (χ0) is 22.8. The summed E-state index contributed by atoms with van der Waals surface area (Å²) >= 11 is 0. The van der Waals surface area contributed by atoms with Crippen molar-refractivity contribution in [1.29, 1.82) is 0 Å². The van der Waals surface area contributed by atoms with Crippen LogP contribution in [0.5, 0.6) is 0 Å². The molecule has 2 atom stereocenters. The van der Waals surface area contributed by atoms with E-state index in [1.54, 1.807) is 37.3 Å². The number of esters is 1. The Kier molecular flexibility index (Phi) is 6.30. The summed E-state index contributed by atoms with van der Waals surface area (Å²) in [6.07, 6.45) is 1.84. The summed E-state index contributed by atoms with van der Waals surface area (Å²) in [5.41, 5.74) is 1.49. The second kappa shape index (κ2) is 8.62. The number of halogens is 1. The van der Waals surface area contributed by atoms with Crippen LogP contribution in [0.4, 0.5) is 14.9 Å². The molecule has 0 spiro atoms. The minimum Gasteiger partial charge on any atom is -0.465 e. The SMILES string of the molecule is CCOC(=O)C(C)(CC1CN(c2ccc(-c3ccncc3F)cc2)C(=O)O1)S(C)(=O)=O. The molecule has 8 nitrogen and oxygen atoms in total. The maximum Gasteiger partial charge on any atom is 0.414 e. The van der Waals surface area contributed by atoms with Gasteiger partial charge in [-0.3, -0.25) is 14.7 Å². The van der Waals surface area contributed by atoms with Gasteiger partial charge in [0.15, 0.2) is 14.6 Å². The topological polar surface area (TPSA) is 103 Å². The number of anilines is 1. The molecule has 1 amide bonds. The van der Waals surface area contributed by atoms with Crippen molar-refractivity contribution in [2.24, 2.45) is 0 Å². The molecule has 1 aliphatic heterocycles. The van der Waals surface area contributed by atoms with Crippen molar-refractivity contribution in [2.45, 2.75) is 31.1 Å². The Balaban J connectivity index is 1.78. The molecule has 2 unspecified atom stereocenters. The minimum atomic E-state index is -3.84. The fraction of sp³-hybridized carbons (Fsp3) is 0.381. The molecule has 0 bridgehead atoms. The highest BCUT2D eigenvalue weighted by molar-refractivity contribution is 7.92. The number of amides is 1. The number of nitrogens with zero attached hydrogens (tertiary/aromatic N) is 2. The lowest BCUT2D eigenvalue weighted by Gasteiger charge is -2.27. The number of hydrogen-bond acceptors (Lipinski definition) is 7. The van der Waals surface area contributed by atoms with Gasteiger partial charge in [0.25, 0.3) is 0 Å². The summed E-state index contributed by atoms with van der Waals surface area (Å²) in [4.78, 5) is 29.8. The van der Waals surface area contributed by atoms with E-state index in [-0.39, 0.29) is 19.6 Å². The lowest BCUT2D eigenvalue weighted by Crippen LogP contribution is -2.47. The van der Waals surface area contributed by atoms with Crippen LogP contribution in [0.3, 0.4) is 0 Å². The molecular weight excluding hydrogens is 427 g/mol. The van der Waals surface area contributed by atoms with E-state index in [2.05, 4.69) is 4.98 Å². The number of hydrogen-bond donors (Lipinski definition) is 0. The van der Waals surface area contributed by atoms with Gasteiger partial charge < -0.3 is 9.47 Å².